The standard InChI is InChI=1S/C17H17NO2S/c1-15-8-10-16(11-9-15)12-13-21(19,20)18(2)14-17-6-4-3-5-7-17/h3-11H,14H2,1-2H3. The molecule has 0 radical (unpaired) electrons. The van der Waals surface area contributed by atoms with Crippen molar-refractivity contribution in [3.05, 3.63) is 71.3 Å². The van der Waals surface area contributed by atoms with Crippen molar-refractivity contribution in [2.75, 3.05) is 7.05 Å². The minimum absolute atomic E-state index is 0.311. The van der Waals surface area contributed by atoms with Gasteiger partial charge in [0.25, 0.3) is 10.0 Å². The fourth-order valence-electron chi connectivity index (χ4n) is 1.76. The molecular formula is C17H17NO2S. The lowest BCUT2D eigenvalue weighted by Gasteiger charge is -2.12. The van der Waals surface area contributed by atoms with Crippen LogP contribution in [0.15, 0.2) is 54.6 Å². The molecular weight excluding hydrogens is 282 g/mol. The van der Waals surface area contributed by atoms with E-state index in [0.29, 0.717) is 12.1 Å². The van der Waals surface area contributed by atoms with Crippen LogP contribution in [0.25, 0.3) is 0 Å². The van der Waals surface area contributed by atoms with E-state index >= 15 is 0 Å². The Labute approximate surface area is 126 Å². The number of sulfonamides is 1. The topological polar surface area (TPSA) is 37.4 Å². The monoisotopic (exact) mass is 299 g/mol. The molecule has 4 heteroatoms. The largest absolute Gasteiger partial charge is 0.283 e. The van der Waals surface area contributed by atoms with Crippen LogP contribution < -0.4 is 0 Å². The molecule has 0 aliphatic rings. The summed E-state index contributed by atoms with van der Waals surface area (Å²) in [6, 6.07) is 16.9. The number of benzene rings is 2. The van der Waals surface area contributed by atoms with Gasteiger partial charge in [-0.3, -0.25) is 0 Å². The van der Waals surface area contributed by atoms with E-state index in [4.69, 9.17) is 0 Å². The molecule has 0 saturated heterocycles. The zero-order valence-corrected chi connectivity index (χ0v) is 12.9. The van der Waals surface area contributed by atoms with Crippen molar-refractivity contribution >= 4 is 10.0 Å². The van der Waals surface area contributed by atoms with Crippen LogP contribution in [0.2, 0.25) is 0 Å². The van der Waals surface area contributed by atoms with Crippen LogP contribution in [-0.4, -0.2) is 19.8 Å². The van der Waals surface area contributed by atoms with Gasteiger partial charge in [0.1, 0.15) is 0 Å². The van der Waals surface area contributed by atoms with Crippen LogP contribution in [0.4, 0.5) is 0 Å². The van der Waals surface area contributed by atoms with Crippen LogP contribution in [-0.2, 0) is 16.6 Å². The summed E-state index contributed by atoms with van der Waals surface area (Å²) < 4.78 is 25.5. The third-order valence-electron chi connectivity index (χ3n) is 3.03. The van der Waals surface area contributed by atoms with Crippen molar-refractivity contribution in [1.82, 2.24) is 4.31 Å². The second-order valence-electron chi connectivity index (χ2n) is 4.84. The predicted octanol–water partition coefficient (Wildman–Crippen LogP) is 2.77. The minimum Gasteiger partial charge on any atom is -0.198 e. The summed E-state index contributed by atoms with van der Waals surface area (Å²) in [5, 5.41) is 2.36. The van der Waals surface area contributed by atoms with Gasteiger partial charge in [0.2, 0.25) is 0 Å². The van der Waals surface area contributed by atoms with E-state index < -0.39 is 10.0 Å². The molecule has 0 bridgehead atoms. The SMILES string of the molecule is Cc1ccc(C#CS(=O)(=O)N(C)Cc2ccccc2)cc1. The highest BCUT2D eigenvalue weighted by molar-refractivity contribution is 7.93. The fourth-order valence-corrected chi connectivity index (χ4v) is 2.49. The van der Waals surface area contributed by atoms with Gasteiger partial charge >= 0.3 is 0 Å². The number of hydrogen-bond acceptors (Lipinski definition) is 2. The second kappa shape index (κ2) is 6.57. The third-order valence-corrected chi connectivity index (χ3v) is 4.34. The van der Waals surface area contributed by atoms with Crippen molar-refractivity contribution in [1.29, 1.82) is 0 Å². The first kappa shape index (κ1) is 15.3. The summed E-state index contributed by atoms with van der Waals surface area (Å²) >= 11 is 0. The second-order valence-corrected chi connectivity index (χ2v) is 6.62. The molecule has 2 aromatic rings. The van der Waals surface area contributed by atoms with Crippen LogP contribution in [0.3, 0.4) is 0 Å². The molecule has 0 unspecified atom stereocenters. The third kappa shape index (κ3) is 4.45. The van der Waals surface area contributed by atoms with Gasteiger partial charge in [0.05, 0.1) is 0 Å². The summed E-state index contributed by atoms with van der Waals surface area (Å²) in [6.45, 7) is 2.29. The Bertz CT molecular complexity index is 754. The van der Waals surface area contributed by atoms with E-state index in [-0.39, 0.29) is 0 Å². The molecule has 2 aromatic carbocycles. The number of nitrogens with zero attached hydrogens (tertiary/aromatic N) is 1. The zero-order valence-electron chi connectivity index (χ0n) is 12.1. The molecule has 0 saturated carbocycles. The molecule has 21 heavy (non-hydrogen) atoms. The first-order valence-corrected chi connectivity index (χ1v) is 8.01. The fraction of sp³-hybridized carbons (Fsp3) is 0.176. The Balaban J connectivity index is 2.13. The Hall–Kier alpha value is -2.09. The van der Waals surface area contributed by atoms with Gasteiger partial charge in [-0.2, -0.15) is 12.7 Å². The molecule has 0 heterocycles. The molecule has 0 aromatic heterocycles. The molecule has 3 nitrogen and oxygen atoms in total. The maximum Gasteiger partial charge on any atom is 0.283 e. The van der Waals surface area contributed by atoms with E-state index in [9.17, 15) is 8.42 Å². The average molecular weight is 299 g/mol. The lowest BCUT2D eigenvalue weighted by molar-refractivity contribution is 0.477. The number of aryl methyl sites for hydroxylation is 1. The summed E-state index contributed by atoms with van der Waals surface area (Å²) in [4.78, 5) is 0. The maximum atomic E-state index is 12.1. The first-order valence-electron chi connectivity index (χ1n) is 6.57. The molecule has 0 spiro atoms. The van der Waals surface area contributed by atoms with Crippen LogP contribution in [0, 0.1) is 18.1 Å². The van der Waals surface area contributed by atoms with Gasteiger partial charge < -0.3 is 0 Å². The Morgan fingerprint density at radius 2 is 1.62 bits per heavy atom. The molecule has 2 rings (SSSR count). The van der Waals surface area contributed by atoms with E-state index in [1.54, 1.807) is 0 Å². The summed E-state index contributed by atoms with van der Waals surface area (Å²) in [5.74, 6) is 2.70. The van der Waals surface area contributed by atoms with Gasteiger partial charge in [-0.25, -0.2) is 0 Å². The van der Waals surface area contributed by atoms with Crippen molar-refractivity contribution in [3.8, 4) is 11.2 Å². The van der Waals surface area contributed by atoms with E-state index in [2.05, 4.69) is 11.2 Å². The van der Waals surface area contributed by atoms with Crippen LogP contribution >= 0.6 is 0 Å². The average Bonchev–Trinajstić information content (AvgIpc) is 2.48. The molecule has 0 N–H and O–H groups in total. The minimum atomic E-state index is -3.59. The summed E-state index contributed by atoms with van der Waals surface area (Å²) in [6.07, 6.45) is 0. The zero-order chi connectivity index (χ0) is 15.3. The van der Waals surface area contributed by atoms with Crippen LogP contribution in [0.5, 0.6) is 0 Å². The highest BCUT2D eigenvalue weighted by Crippen LogP contribution is 2.07. The van der Waals surface area contributed by atoms with Crippen molar-refractivity contribution in [2.24, 2.45) is 0 Å². The van der Waals surface area contributed by atoms with Crippen molar-refractivity contribution in [3.63, 3.8) is 0 Å². The van der Waals surface area contributed by atoms with Gasteiger partial charge in [-0.15, -0.1) is 0 Å². The number of hydrogen-bond donors (Lipinski definition) is 0. The van der Waals surface area contributed by atoms with Crippen LogP contribution in [0.1, 0.15) is 16.7 Å². The Morgan fingerprint density at radius 1 is 1.00 bits per heavy atom. The Kier molecular flexibility index (Phi) is 4.79. The summed E-state index contributed by atoms with van der Waals surface area (Å²) in [5.41, 5.74) is 2.74. The first-order chi connectivity index (χ1) is 9.97. The van der Waals surface area contributed by atoms with E-state index in [0.717, 1.165) is 11.1 Å². The van der Waals surface area contributed by atoms with Gasteiger partial charge in [0, 0.05) is 24.4 Å². The van der Waals surface area contributed by atoms with Gasteiger partial charge in [0.15, 0.2) is 0 Å². The van der Waals surface area contributed by atoms with E-state index in [1.165, 1.54) is 11.4 Å². The highest BCUT2D eigenvalue weighted by atomic mass is 32.2. The normalized spacial score (nSPS) is 11.0. The molecule has 108 valence electrons. The smallest absolute Gasteiger partial charge is 0.198 e. The van der Waals surface area contributed by atoms with Gasteiger partial charge in [-0.05, 0) is 30.5 Å². The summed E-state index contributed by atoms with van der Waals surface area (Å²) in [7, 11) is -2.06. The lowest BCUT2D eigenvalue weighted by Crippen LogP contribution is -2.24. The maximum absolute atomic E-state index is 12.1. The van der Waals surface area contributed by atoms with Gasteiger partial charge in [-0.1, -0.05) is 48.0 Å². The molecule has 0 aliphatic carbocycles. The molecule has 0 amide bonds. The molecule has 0 fully saturated rings. The Morgan fingerprint density at radius 3 is 2.24 bits per heavy atom. The molecule has 0 atom stereocenters. The van der Waals surface area contributed by atoms with E-state index in [1.807, 2.05) is 61.5 Å². The van der Waals surface area contributed by atoms with Crippen molar-refractivity contribution < 1.29 is 8.42 Å². The van der Waals surface area contributed by atoms with Crippen molar-refractivity contribution in [2.45, 2.75) is 13.5 Å². The highest BCUT2D eigenvalue weighted by Gasteiger charge is 2.14. The number of rotatable bonds is 3. The lowest BCUT2D eigenvalue weighted by atomic mass is 10.2. The quantitative estimate of drug-likeness (QED) is 0.817. The predicted molar refractivity (Wildman–Crippen MR) is 84.9 cm³/mol. The molecule has 0 aliphatic heterocycles.